The second kappa shape index (κ2) is 5.60. The van der Waals surface area contributed by atoms with E-state index in [1.165, 1.54) is 5.56 Å². The van der Waals surface area contributed by atoms with Crippen LogP contribution in [0.4, 0.5) is 11.5 Å². The van der Waals surface area contributed by atoms with E-state index < -0.39 is 0 Å². The van der Waals surface area contributed by atoms with E-state index in [2.05, 4.69) is 53.0 Å². The minimum absolute atomic E-state index is 0.0910. The van der Waals surface area contributed by atoms with E-state index in [4.69, 9.17) is 5.11 Å². The number of hydrogen-bond acceptors (Lipinski definition) is 4. The first kappa shape index (κ1) is 12.5. The Kier molecular flexibility index (Phi) is 3.89. The fourth-order valence-corrected chi connectivity index (χ4v) is 1.80. The first-order chi connectivity index (χ1) is 8.74. The Morgan fingerprint density at radius 1 is 1.17 bits per heavy atom. The zero-order valence-corrected chi connectivity index (χ0v) is 10.7. The van der Waals surface area contributed by atoms with Gasteiger partial charge < -0.3 is 10.0 Å². The first-order valence-electron chi connectivity index (χ1n) is 6.00. The summed E-state index contributed by atoms with van der Waals surface area (Å²) in [7, 11) is 0. The van der Waals surface area contributed by atoms with Crippen molar-refractivity contribution < 1.29 is 5.11 Å². The highest BCUT2D eigenvalue weighted by Crippen LogP contribution is 2.23. The molecular weight excluding hydrogens is 226 g/mol. The molecule has 0 saturated heterocycles. The van der Waals surface area contributed by atoms with Crippen LogP contribution in [0.25, 0.3) is 0 Å². The third-order valence-electron chi connectivity index (χ3n) is 2.77. The van der Waals surface area contributed by atoms with Crippen molar-refractivity contribution in [2.75, 3.05) is 11.4 Å². The Balaban J connectivity index is 2.35. The molecule has 0 radical (unpaired) electrons. The summed E-state index contributed by atoms with van der Waals surface area (Å²) in [6, 6.07) is 8.26. The molecule has 1 aromatic carbocycles. The van der Waals surface area contributed by atoms with Crippen LogP contribution in [0, 0.1) is 6.92 Å². The van der Waals surface area contributed by atoms with Crippen LogP contribution in [0.1, 0.15) is 18.2 Å². The van der Waals surface area contributed by atoms with Gasteiger partial charge in [0.2, 0.25) is 0 Å². The van der Waals surface area contributed by atoms with Gasteiger partial charge in [0.05, 0.1) is 24.7 Å². The number of rotatable bonds is 4. The number of nitrogens with zero attached hydrogens (tertiary/aromatic N) is 3. The highest BCUT2D eigenvalue weighted by Gasteiger charge is 2.09. The summed E-state index contributed by atoms with van der Waals surface area (Å²) in [6.45, 7) is 4.83. The van der Waals surface area contributed by atoms with Crippen molar-refractivity contribution in [3.63, 3.8) is 0 Å². The highest BCUT2D eigenvalue weighted by atomic mass is 16.3. The summed E-state index contributed by atoms with van der Waals surface area (Å²) in [5, 5.41) is 9.10. The lowest BCUT2D eigenvalue weighted by molar-refractivity contribution is 0.276. The van der Waals surface area contributed by atoms with Crippen molar-refractivity contribution in [1.29, 1.82) is 0 Å². The van der Waals surface area contributed by atoms with E-state index in [9.17, 15) is 0 Å². The molecule has 0 saturated carbocycles. The fourth-order valence-electron chi connectivity index (χ4n) is 1.80. The quantitative estimate of drug-likeness (QED) is 0.896. The Labute approximate surface area is 107 Å². The summed E-state index contributed by atoms with van der Waals surface area (Å²) < 4.78 is 0. The molecule has 1 heterocycles. The highest BCUT2D eigenvalue weighted by molar-refractivity contribution is 5.59. The number of benzene rings is 1. The van der Waals surface area contributed by atoms with Crippen LogP contribution in [-0.2, 0) is 6.61 Å². The average molecular weight is 243 g/mol. The Hall–Kier alpha value is -1.94. The molecule has 4 heteroatoms. The summed E-state index contributed by atoms with van der Waals surface area (Å²) in [6.07, 6.45) is 3.29. The van der Waals surface area contributed by atoms with Crippen LogP contribution in [0.2, 0.25) is 0 Å². The van der Waals surface area contributed by atoms with E-state index in [1.807, 2.05) is 0 Å². The van der Waals surface area contributed by atoms with Gasteiger partial charge in [-0.3, -0.25) is 4.98 Å². The molecule has 94 valence electrons. The number of aliphatic hydroxyl groups excluding tert-OH is 1. The molecule has 0 aliphatic carbocycles. The fraction of sp³-hybridized carbons (Fsp3) is 0.286. The van der Waals surface area contributed by atoms with Gasteiger partial charge in [0.25, 0.3) is 0 Å². The van der Waals surface area contributed by atoms with Crippen molar-refractivity contribution >= 4 is 11.5 Å². The molecule has 2 rings (SSSR count). The molecular formula is C14H17N3O. The largest absolute Gasteiger partial charge is 0.390 e. The smallest absolute Gasteiger partial charge is 0.151 e. The van der Waals surface area contributed by atoms with E-state index in [0.29, 0.717) is 5.69 Å². The van der Waals surface area contributed by atoms with Gasteiger partial charge >= 0.3 is 0 Å². The van der Waals surface area contributed by atoms with Gasteiger partial charge in [-0.25, -0.2) is 4.98 Å². The second-order valence-electron chi connectivity index (χ2n) is 4.11. The zero-order chi connectivity index (χ0) is 13.0. The topological polar surface area (TPSA) is 49.2 Å². The lowest BCUT2D eigenvalue weighted by Crippen LogP contribution is -2.18. The maximum Gasteiger partial charge on any atom is 0.151 e. The van der Waals surface area contributed by atoms with E-state index in [0.717, 1.165) is 18.1 Å². The number of aryl methyl sites for hydroxylation is 1. The number of hydrogen-bond donors (Lipinski definition) is 1. The van der Waals surface area contributed by atoms with Crippen molar-refractivity contribution in [2.24, 2.45) is 0 Å². The third kappa shape index (κ3) is 2.65. The van der Waals surface area contributed by atoms with Crippen LogP contribution in [-0.4, -0.2) is 21.6 Å². The Morgan fingerprint density at radius 2 is 1.89 bits per heavy atom. The third-order valence-corrected chi connectivity index (χ3v) is 2.77. The second-order valence-corrected chi connectivity index (χ2v) is 4.11. The molecule has 0 fully saturated rings. The van der Waals surface area contributed by atoms with Crippen LogP contribution in [0.5, 0.6) is 0 Å². The Morgan fingerprint density at radius 3 is 2.50 bits per heavy atom. The molecule has 4 nitrogen and oxygen atoms in total. The summed E-state index contributed by atoms with van der Waals surface area (Å²) in [5.41, 5.74) is 2.88. The molecule has 0 bridgehead atoms. The van der Waals surface area contributed by atoms with Gasteiger partial charge in [-0.2, -0.15) is 0 Å². The van der Waals surface area contributed by atoms with Crippen LogP contribution in [0.3, 0.4) is 0 Å². The average Bonchev–Trinajstić information content (AvgIpc) is 2.42. The van der Waals surface area contributed by atoms with Crippen molar-refractivity contribution in [2.45, 2.75) is 20.5 Å². The number of aromatic nitrogens is 2. The van der Waals surface area contributed by atoms with E-state index in [1.54, 1.807) is 12.4 Å². The maximum absolute atomic E-state index is 9.10. The van der Waals surface area contributed by atoms with Gasteiger partial charge in [-0.15, -0.1) is 0 Å². The van der Waals surface area contributed by atoms with E-state index in [-0.39, 0.29) is 6.61 Å². The number of anilines is 2. The van der Waals surface area contributed by atoms with Crippen LogP contribution >= 0.6 is 0 Å². The van der Waals surface area contributed by atoms with Crippen molar-refractivity contribution in [3.05, 3.63) is 47.9 Å². The molecule has 0 atom stereocenters. The van der Waals surface area contributed by atoms with Crippen molar-refractivity contribution in [3.8, 4) is 0 Å². The molecule has 1 aromatic heterocycles. The molecule has 0 spiro atoms. The zero-order valence-electron chi connectivity index (χ0n) is 10.7. The lowest BCUT2D eigenvalue weighted by atomic mass is 10.2. The normalized spacial score (nSPS) is 10.4. The monoisotopic (exact) mass is 243 g/mol. The van der Waals surface area contributed by atoms with Gasteiger partial charge in [-0.05, 0) is 26.0 Å². The molecule has 18 heavy (non-hydrogen) atoms. The predicted molar refractivity (Wildman–Crippen MR) is 71.8 cm³/mol. The number of aliphatic hydroxyl groups is 1. The molecule has 1 N–H and O–H groups in total. The molecule has 0 aliphatic rings. The van der Waals surface area contributed by atoms with Gasteiger partial charge in [0, 0.05) is 12.2 Å². The Bertz CT molecular complexity index is 511. The standard InChI is InChI=1S/C14H17N3O/c1-3-17(13-6-4-11(2)5-7-13)14-9-15-8-12(10-18)16-14/h4-9,18H,3,10H2,1-2H3. The minimum Gasteiger partial charge on any atom is -0.390 e. The first-order valence-corrected chi connectivity index (χ1v) is 6.00. The molecule has 2 aromatic rings. The van der Waals surface area contributed by atoms with Gasteiger partial charge in [0.1, 0.15) is 0 Å². The predicted octanol–water partition coefficient (Wildman–Crippen LogP) is 2.44. The van der Waals surface area contributed by atoms with E-state index >= 15 is 0 Å². The SMILES string of the molecule is CCN(c1ccc(C)cc1)c1cncc(CO)n1. The minimum atomic E-state index is -0.0910. The summed E-state index contributed by atoms with van der Waals surface area (Å²) in [5.74, 6) is 0.757. The van der Waals surface area contributed by atoms with Crippen LogP contribution in [0.15, 0.2) is 36.7 Å². The molecule has 0 aliphatic heterocycles. The van der Waals surface area contributed by atoms with Gasteiger partial charge in [0.15, 0.2) is 5.82 Å². The molecule has 0 amide bonds. The van der Waals surface area contributed by atoms with Gasteiger partial charge in [-0.1, -0.05) is 17.7 Å². The van der Waals surface area contributed by atoms with Crippen molar-refractivity contribution in [1.82, 2.24) is 9.97 Å². The molecule has 0 unspecified atom stereocenters. The summed E-state index contributed by atoms with van der Waals surface area (Å²) >= 11 is 0. The summed E-state index contributed by atoms with van der Waals surface area (Å²) in [4.78, 5) is 10.5. The van der Waals surface area contributed by atoms with Crippen LogP contribution < -0.4 is 4.90 Å². The maximum atomic E-state index is 9.10. The lowest BCUT2D eigenvalue weighted by Gasteiger charge is -2.22.